The van der Waals surface area contributed by atoms with E-state index in [2.05, 4.69) is 5.16 Å². The summed E-state index contributed by atoms with van der Waals surface area (Å²) in [7, 11) is 0. The Morgan fingerprint density at radius 2 is 2.14 bits per heavy atom. The second-order valence-electron chi connectivity index (χ2n) is 3.43. The molecule has 0 amide bonds. The minimum atomic E-state index is -1.24. The molecule has 1 atom stereocenters. The highest BCUT2D eigenvalue weighted by Crippen LogP contribution is 2.32. The summed E-state index contributed by atoms with van der Waals surface area (Å²) >= 11 is 0. The van der Waals surface area contributed by atoms with Crippen LogP contribution >= 0.6 is 0 Å². The first-order chi connectivity index (χ1) is 6.74. The fraction of sp³-hybridized carbons (Fsp3) is 0.364. The number of aliphatic hydroxyl groups is 1. The van der Waals surface area contributed by atoms with Gasteiger partial charge >= 0.3 is 0 Å². The lowest BCUT2D eigenvalue weighted by atomic mass is 10.00. The second-order valence-corrected chi connectivity index (χ2v) is 3.43. The number of nitrogens with zero attached hydrogens (tertiary/aromatic N) is 1. The average Bonchev–Trinajstić information content (AvgIpc) is 2.63. The highest BCUT2D eigenvalue weighted by atomic mass is 16.7. The van der Waals surface area contributed by atoms with Gasteiger partial charge in [0.25, 0.3) is 5.79 Å². The Morgan fingerprint density at radius 1 is 1.43 bits per heavy atom. The van der Waals surface area contributed by atoms with Crippen LogP contribution < -0.4 is 0 Å². The molecule has 1 heterocycles. The minimum Gasteiger partial charge on any atom is -0.355 e. The van der Waals surface area contributed by atoms with E-state index in [1.807, 2.05) is 37.3 Å². The third kappa shape index (κ3) is 1.51. The molecule has 3 nitrogen and oxygen atoms in total. The van der Waals surface area contributed by atoms with Crippen LogP contribution in [0, 0.1) is 0 Å². The summed E-state index contributed by atoms with van der Waals surface area (Å²) < 4.78 is 0. The Kier molecular flexibility index (Phi) is 2.25. The van der Waals surface area contributed by atoms with Crippen molar-refractivity contribution in [2.24, 2.45) is 5.16 Å². The Labute approximate surface area is 83.0 Å². The van der Waals surface area contributed by atoms with Crippen molar-refractivity contribution >= 4 is 5.71 Å². The molecule has 2 rings (SSSR count). The summed E-state index contributed by atoms with van der Waals surface area (Å²) in [6.07, 6.45) is 1.28. The largest absolute Gasteiger partial charge is 0.355 e. The predicted octanol–water partition coefficient (Wildman–Crippen LogP) is 2.02. The molecule has 1 aliphatic rings. The quantitative estimate of drug-likeness (QED) is 0.777. The van der Waals surface area contributed by atoms with Crippen molar-refractivity contribution in [3.8, 4) is 0 Å². The number of rotatable bonds is 2. The van der Waals surface area contributed by atoms with Gasteiger partial charge in [-0.3, -0.25) is 0 Å². The van der Waals surface area contributed by atoms with E-state index in [1.54, 1.807) is 0 Å². The Morgan fingerprint density at radius 3 is 2.71 bits per heavy atom. The number of benzene rings is 1. The zero-order valence-corrected chi connectivity index (χ0v) is 8.10. The van der Waals surface area contributed by atoms with Crippen LogP contribution in [0.1, 0.15) is 25.3 Å². The van der Waals surface area contributed by atoms with Gasteiger partial charge in [-0.15, -0.1) is 0 Å². The molecule has 0 fully saturated rings. The van der Waals surface area contributed by atoms with Crippen molar-refractivity contribution < 1.29 is 9.94 Å². The van der Waals surface area contributed by atoms with E-state index in [0.29, 0.717) is 6.42 Å². The second kappa shape index (κ2) is 3.42. The summed E-state index contributed by atoms with van der Waals surface area (Å²) in [5.41, 5.74) is 1.66. The first-order valence-corrected chi connectivity index (χ1v) is 4.76. The molecule has 0 saturated carbocycles. The van der Waals surface area contributed by atoms with Crippen LogP contribution in [-0.4, -0.2) is 10.8 Å². The number of oxime groups is 1. The van der Waals surface area contributed by atoms with E-state index in [9.17, 15) is 5.11 Å². The van der Waals surface area contributed by atoms with Crippen LogP contribution in [0.4, 0.5) is 0 Å². The van der Waals surface area contributed by atoms with Crippen LogP contribution in [0.2, 0.25) is 0 Å². The standard InChI is InChI=1S/C11H13NO2/c1-2-10-8-11(13,14-12-10)9-6-4-3-5-7-9/h3-7,13H,2,8H2,1H3. The first kappa shape index (κ1) is 9.21. The van der Waals surface area contributed by atoms with Gasteiger partial charge < -0.3 is 9.94 Å². The molecule has 0 bridgehead atoms. The zero-order chi connectivity index (χ0) is 10.0. The van der Waals surface area contributed by atoms with Crippen molar-refractivity contribution in [2.45, 2.75) is 25.6 Å². The van der Waals surface area contributed by atoms with Crippen LogP contribution in [0.3, 0.4) is 0 Å². The maximum absolute atomic E-state index is 10.1. The van der Waals surface area contributed by atoms with Gasteiger partial charge in [-0.1, -0.05) is 42.4 Å². The molecular weight excluding hydrogens is 178 g/mol. The number of hydrogen-bond donors (Lipinski definition) is 1. The molecule has 1 aromatic rings. The Balaban J connectivity index is 2.21. The summed E-state index contributed by atoms with van der Waals surface area (Å²) in [5, 5.41) is 14.0. The van der Waals surface area contributed by atoms with Gasteiger partial charge in [-0.2, -0.15) is 0 Å². The van der Waals surface area contributed by atoms with Gasteiger partial charge in [-0.25, -0.2) is 0 Å². The van der Waals surface area contributed by atoms with E-state index in [-0.39, 0.29) is 0 Å². The summed E-state index contributed by atoms with van der Waals surface area (Å²) in [6.45, 7) is 2.00. The van der Waals surface area contributed by atoms with E-state index in [0.717, 1.165) is 17.7 Å². The minimum absolute atomic E-state index is 0.466. The molecule has 0 saturated heterocycles. The third-order valence-electron chi connectivity index (χ3n) is 2.40. The van der Waals surface area contributed by atoms with Gasteiger partial charge in [0.15, 0.2) is 0 Å². The molecule has 14 heavy (non-hydrogen) atoms. The Hall–Kier alpha value is -1.35. The SMILES string of the molecule is CCC1=NOC(O)(c2ccccc2)C1. The van der Waals surface area contributed by atoms with Crippen LogP contribution in [0.25, 0.3) is 0 Å². The van der Waals surface area contributed by atoms with Gasteiger partial charge in [0.2, 0.25) is 0 Å². The van der Waals surface area contributed by atoms with Gasteiger partial charge in [0.1, 0.15) is 0 Å². The molecule has 0 radical (unpaired) electrons. The average molecular weight is 191 g/mol. The van der Waals surface area contributed by atoms with Crippen molar-refractivity contribution in [1.82, 2.24) is 0 Å². The molecule has 0 spiro atoms. The first-order valence-electron chi connectivity index (χ1n) is 4.76. The van der Waals surface area contributed by atoms with Crippen molar-refractivity contribution in [3.05, 3.63) is 35.9 Å². The zero-order valence-electron chi connectivity index (χ0n) is 8.10. The molecule has 74 valence electrons. The Bertz CT molecular complexity index is 348. The molecule has 0 aromatic heterocycles. The monoisotopic (exact) mass is 191 g/mol. The highest BCUT2D eigenvalue weighted by Gasteiger charge is 2.37. The molecule has 1 N–H and O–H groups in total. The maximum atomic E-state index is 10.1. The molecular formula is C11H13NO2. The van der Waals surface area contributed by atoms with Crippen molar-refractivity contribution in [3.63, 3.8) is 0 Å². The van der Waals surface area contributed by atoms with Crippen molar-refractivity contribution in [2.75, 3.05) is 0 Å². The molecule has 1 aromatic carbocycles. The molecule has 3 heteroatoms. The summed E-state index contributed by atoms with van der Waals surface area (Å²) in [6, 6.07) is 9.34. The molecule has 0 aliphatic carbocycles. The molecule has 1 unspecified atom stereocenters. The van der Waals surface area contributed by atoms with Crippen LogP contribution in [0.5, 0.6) is 0 Å². The topological polar surface area (TPSA) is 41.8 Å². The lowest BCUT2D eigenvalue weighted by molar-refractivity contribution is -0.193. The normalized spacial score (nSPS) is 25.7. The van der Waals surface area contributed by atoms with Crippen molar-refractivity contribution in [1.29, 1.82) is 0 Å². The van der Waals surface area contributed by atoms with Gasteiger partial charge in [-0.05, 0) is 6.42 Å². The lowest BCUT2D eigenvalue weighted by Crippen LogP contribution is -2.25. The van der Waals surface area contributed by atoms with Crippen LogP contribution in [0.15, 0.2) is 35.5 Å². The predicted molar refractivity (Wildman–Crippen MR) is 53.8 cm³/mol. The van der Waals surface area contributed by atoms with Gasteiger partial charge in [0, 0.05) is 5.56 Å². The lowest BCUT2D eigenvalue weighted by Gasteiger charge is -2.19. The smallest absolute Gasteiger partial charge is 0.266 e. The van der Waals surface area contributed by atoms with Crippen LogP contribution in [-0.2, 0) is 10.6 Å². The van der Waals surface area contributed by atoms with E-state index in [4.69, 9.17) is 4.84 Å². The summed E-state index contributed by atoms with van der Waals surface area (Å²) in [4.78, 5) is 5.07. The van der Waals surface area contributed by atoms with E-state index >= 15 is 0 Å². The third-order valence-corrected chi connectivity index (χ3v) is 2.40. The fourth-order valence-electron chi connectivity index (χ4n) is 1.52. The number of hydrogen-bond acceptors (Lipinski definition) is 3. The fourth-order valence-corrected chi connectivity index (χ4v) is 1.52. The summed E-state index contributed by atoms with van der Waals surface area (Å²) in [5.74, 6) is -1.24. The van der Waals surface area contributed by atoms with Gasteiger partial charge in [0.05, 0.1) is 12.1 Å². The van der Waals surface area contributed by atoms with E-state index < -0.39 is 5.79 Å². The maximum Gasteiger partial charge on any atom is 0.266 e. The highest BCUT2D eigenvalue weighted by molar-refractivity contribution is 5.85. The molecule has 1 aliphatic heterocycles. The van der Waals surface area contributed by atoms with E-state index in [1.165, 1.54) is 0 Å².